The summed E-state index contributed by atoms with van der Waals surface area (Å²) in [5.41, 5.74) is 6.41. The van der Waals surface area contributed by atoms with E-state index < -0.39 is 18.1 Å². The standard InChI is InChI=1S/C16H15F5N2/c17-15(18,16(19,20)21)14(22)12-6-8-13(9-7-12)23-10-11-4-2-1-3-5-11/h1-9,14,23H,10,22H2/t14-/m1/s1. The summed E-state index contributed by atoms with van der Waals surface area (Å²) in [6, 6.07) is 12.2. The molecule has 0 aromatic heterocycles. The first-order chi connectivity index (χ1) is 10.7. The van der Waals surface area contributed by atoms with Gasteiger partial charge in [-0.3, -0.25) is 0 Å². The average molecular weight is 330 g/mol. The summed E-state index contributed by atoms with van der Waals surface area (Å²) >= 11 is 0. The van der Waals surface area contributed by atoms with Crippen molar-refractivity contribution >= 4 is 5.69 Å². The van der Waals surface area contributed by atoms with Crippen LogP contribution in [0.1, 0.15) is 17.2 Å². The summed E-state index contributed by atoms with van der Waals surface area (Å²) in [5.74, 6) is -4.98. The molecule has 0 aliphatic carbocycles. The Labute approximate surface area is 130 Å². The maximum absolute atomic E-state index is 13.2. The first kappa shape index (κ1) is 17.2. The van der Waals surface area contributed by atoms with Crippen LogP contribution < -0.4 is 11.1 Å². The minimum absolute atomic E-state index is 0.280. The third kappa shape index (κ3) is 3.98. The van der Waals surface area contributed by atoms with Crippen molar-refractivity contribution in [1.82, 2.24) is 0 Å². The largest absolute Gasteiger partial charge is 0.455 e. The van der Waals surface area contributed by atoms with E-state index in [1.807, 2.05) is 30.3 Å². The summed E-state index contributed by atoms with van der Waals surface area (Å²) < 4.78 is 63.4. The van der Waals surface area contributed by atoms with Gasteiger partial charge in [-0.15, -0.1) is 0 Å². The normalized spacial score (nSPS) is 13.7. The lowest BCUT2D eigenvalue weighted by molar-refractivity contribution is -0.291. The molecule has 0 aliphatic heterocycles. The second-order valence-electron chi connectivity index (χ2n) is 5.06. The highest BCUT2D eigenvalue weighted by Gasteiger charge is 2.61. The zero-order valence-corrected chi connectivity index (χ0v) is 11.9. The van der Waals surface area contributed by atoms with E-state index in [2.05, 4.69) is 5.32 Å². The molecule has 7 heteroatoms. The Balaban J connectivity index is 2.04. The number of benzene rings is 2. The van der Waals surface area contributed by atoms with Crippen LogP contribution >= 0.6 is 0 Å². The minimum Gasteiger partial charge on any atom is -0.381 e. The third-order valence-electron chi connectivity index (χ3n) is 3.38. The topological polar surface area (TPSA) is 38.0 Å². The van der Waals surface area contributed by atoms with Gasteiger partial charge in [-0.1, -0.05) is 42.5 Å². The van der Waals surface area contributed by atoms with Crippen LogP contribution in [0.4, 0.5) is 27.6 Å². The molecule has 0 unspecified atom stereocenters. The summed E-state index contributed by atoms with van der Waals surface area (Å²) in [6.45, 7) is 0.505. The van der Waals surface area contributed by atoms with Crippen molar-refractivity contribution in [1.29, 1.82) is 0 Å². The van der Waals surface area contributed by atoms with Crippen LogP contribution in [-0.4, -0.2) is 12.1 Å². The number of rotatable bonds is 5. The van der Waals surface area contributed by atoms with E-state index >= 15 is 0 Å². The van der Waals surface area contributed by atoms with Gasteiger partial charge in [0, 0.05) is 12.2 Å². The van der Waals surface area contributed by atoms with E-state index in [-0.39, 0.29) is 5.56 Å². The number of nitrogens with two attached hydrogens (primary N) is 1. The Kier molecular flexibility index (Phi) is 4.89. The molecule has 0 aliphatic rings. The molecule has 0 bridgehead atoms. The molecule has 124 valence electrons. The van der Waals surface area contributed by atoms with Crippen LogP contribution in [0.3, 0.4) is 0 Å². The Morgan fingerprint density at radius 2 is 1.43 bits per heavy atom. The maximum Gasteiger partial charge on any atom is 0.455 e. The third-order valence-corrected chi connectivity index (χ3v) is 3.38. The van der Waals surface area contributed by atoms with E-state index in [0.29, 0.717) is 12.2 Å². The van der Waals surface area contributed by atoms with Gasteiger partial charge >= 0.3 is 12.1 Å². The lowest BCUT2D eigenvalue weighted by Crippen LogP contribution is -2.45. The summed E-state index contributed by atoms with van der Waals surface area (Å²) in [4.78, 5) is 0. The van der Waals surface area contributed by atoms with Gasteiger partial charge in [-0.05, 0) is 23.3 Å². The van der Waals surface area contributed by atoms with Gasteiger partial charge in [0.2, 0.25) is 0 Å². The van der Waals surface area contributed by atoms with Crippen molar-refractivity contribution in [2.75, 3.05) is 5.32 Å². The van der Waals surface area contributed by atoms with Gasteiger partial charge in [-0.2, -0.15) is 22.0 Å². The van der Waals surface area contributed by atoms with Crippen LogP contribution in [0.5, 0.6) is 0 Å². The van der Waals surface area contributed by atoms with Crippen molar-refractivity contribution in [2.45, 2.75) is 24.7 Å². The Bertz CT molecular complexity index is 623. The number of halogens is 5. The highest BCUT2D eigenvalue weighted by atomic mass is 19.4. The fourth-order valence-electron chi connectivity index (χ4n) is 1.99. The molecule has 2 aromatic carbocycles. The number of alkyl halides is 5. The summed E-state index contributed by atoms with van der Waals surface area (Å²) in [7, 11) is 0. The van der Waals surface area contributed by atoms with Crippen molar-refractivity contribution in [2.24, 2.45) is 5.73 Å². The molecular formula is C16H15F5N2. The quantitative estimate of drug-likeness (QED) is 0.793. The van der Waals surface area contributed by atoms with Gasteiger partial charge in [0.15, 0.2) is 0 Å². The van der Waals surface area contributed by atoms with Crippen LogP contribution in [0, 0.1) is 0 Å². The van der Waals surface area contributed by atoms with Gasteiger partial charge in [0.25, 0.3) is 0 Å². The highest BCUT2D eigenvalue weighted by molar-refractivity contribution is 5.46. The lowest BCUT2D eigenvalue weighted by atomic mass is 10.0. The molecule has 2 aromatic rings. The van der Waals surface area contributed by atoms with Crippen molar-refractivity contribution in [3.8, 4) is 0 Å². The number of hydrogen-bond donors (Lipinski definition) is 2. The Morgan fingerprint density at radius 3 is 1.96 bits per heavy atom. The Morgan fingerprint density at radius 1 is 0.870 bits per heavy atom. The highest BCUT2D eigenvalue weighted by Crippen LogP contribution is 2.43. The monoisotopic (exact) mass is 330 g/mol. The predicted molar refractivity (Wildman–Crippen MR) is 78.1 cm³/mol. The van der Waals surface area contributed by atoms with E-state index in [9.17, 15) is 22.0 Å². The molecular weight excluding hydrogens is 315 g/mol. The zero-order valence-electron chi connectivity index (χ0n) is 11.9. The summed E-state index contributed by atoms with van der Waals surface area (Å²) in [5, 5.41) is 3.05. The molecule has 0 saturated heterocycles. The first-order valence-corrected chi connectivity index (χ1v) is 6.79. The van der Waals surface area contributed by atoms with Gasteiger partial charge < -0.3 is 11.1 Å². The molecule has 0 radical (unpaired) electrons. The van der Waals surface area contributed by atoms with Crippen molar-refractivity contribution in [3.05, 3.63) is 65.7 Å². The molecule has 0 saturated carbocycles. The molecule has 1 atom stereocenters. The lowest BCUT2D eigenvalue weighted by Gasteiger charge is -2.26. The second-order valence-corrected chi connectivity index (χ2v) is 5.06. The molecule has 3 N–H and O–H groups in total. The van der Waals surface area contributed by atoms with E-state index in [4.69, 9.17) is 5.73 Å². The fourth-order valence-corrected chi connectivity index (χ4v) is 1.99. The molecule has 0 heterocycles. The van der Waals surface area contributed by atoms with Crippen molar-refractivity contribution in [3.63, 3.8) is 0 Å². The fraction of sp³-hybridized carbons (Fsp3) is 0.250. The smallest absolute Gasteiger partial charge is 0.381 e. The van der Waals surface area contributed by atoms with E-state index in [1.165, 1.54) is 12.1 Å². The number of nitrogens with one attached hydrogen (secondary N) is 1. The van der Waals surface area contributed by atoms with Crippen LogP contribution in [0.15, 0.2) is 54.6 Å². The average Bonchev–Trinajstić information content (AvgIpc) is 2.52. The first-order valence-electron chi connectivity index (χ1n) is 6.79. The number of anilines is 1. The maximum atomic E-state index is 13.2. The van der Waals surface area contributed by atoms with Crippen LogP contribution in [-0.2, 0) is 6.54 Å². The zero-order chi connectivity index (χ0) is 17.1. The minimum atomic E-state index is -5.68. The molecule has 0 fully saturated rings. The summed E-state index contributed by atoms with van der Waals surface area (Å²) in [6.07, 6.45) is -5.68. The molecule has 23 heavy (non-hydrogen) atoms. The SMILES string of the molecule is N[C@H](c1ccc(NCc2ccccc2)cc1)C(F)(F)C(F)(F)F. The van der Waals surface area contributed by atoms with Gasteiger partial charge in [-0.25, -0.2) is 0 Å². The van der Waals surface area contributed by atoms with Crippen molar-refractivity contribution < 1.29 is 22.0 Å². The van der Waals surface area contributed by atoms with Gasteiger partial charge in [0.1, 0.15) is 6.04 Å². The Hall–Kier alpha value is -2.15. The van der Waals surface area contributed by atoms with E-state index in [0.717, 1.165) is 17.7 Å². The second kappa shape index (κ2) is 6.54. The van der Waals surface area contributed by atoms with E-state index in [1.54, 1.807) is 0 Å². The molecule has 2 nitrogen and oxygen atoms in total. The predicted octanol–water partition coefficient (Wildman–Crippen LogP) is 4.50. The molecule has 2 rings (SSSR count). The number of hydrogen-bond acceptors (Lipinski definition) is 2. The molecule has 0 spiro atoms. The van der Waals surface area contributed by atoms with Gasteiger partial charge in [0.05, 0.1) is 0 Å². The molecule has 0 amide bonds. The van der Waals surface area contributed by atoms with Crippen LogP contribution in [0.25, 0.3) is 0 Å². The van der Waals surface area contributed by atoms with Crippen LogP contribution in [0.2, 0.25) is 0 Å².